The van der Waals surface area contributed by atoms with Gasteiger partial charge in [0.2, 0.25) is 5.78 Å². The molecule has 2 heterocycles. The number of hydrogen-bond acceptors (Lipinski definition) is 7. The average molecular weight is 718 g/mol. The summed E-state index contributed by atoms with van der Waals surface area (Å²) in [5.41, 5.74) is 7.53. The Morgan fingerprint density at radius 2 is 1.71 bits per heavy atom. The molecular weight excluding hydrogens is 651 g/mol. The van der Waals surface area contributed by atoms with Crippen molar-refractivity contribution in [1.29, 1.82) is 0 Å². The molecule has 0 spiro atoms. The van der Waals surface area contributed by atoms with Crippen LogP contribution >= 0.6 is 0 Å². The number of benzene rings is 2. The zero-order valence-electron chi connectivity index (χ0n) is 33.6. The summed E-state index contributed by atoms with van der Waals surface area (Å²) in [4.78, 5) is 19.1. The molecule has 4 aromatic rings. The molecule has 1 aliphatic rings. The summed E-state index contributed by atoms with van der Waals surface area (Å²) in [6, 6.07) is 17.2. The van der Waals surface area contributed by atoms with E-state index in [1.807, 2.05) is 50.6 Å². The van der Waals surface area contributed by atoms with Gasteiger partial charge in [-0.05, 0) is 73.5 Å². The second-order valence-electron chi connectivity index (χ2n) is 14.7. The highest BCUT2D eigenvalue weighted by Crippen LogP contribution is 2.33. The lowest BCUT2D eigenvalue weighted by molar-refractivity contribution is -0.0334. The molecule has 2 N–H and O–H groups in total. The van der Waals surface area contributed by atoms with E-state index in [1.54, 1.807) is 7.11 Å². The van der Waals surface area contributed by atoms with Crippen LogP contribution < -0.4 is 10.9 Å². The first-order chi connectivity index (χ1) is 25.0. The molecule has 2 aromatic heterocycles. The quantitative estimate of drug-likeness (QED) is 0.105. The van der Waals surface area contributed by atoms with Crippen molar-refractivity contribution in [2.75, 3.05) is 27.2 Å². The van der Waals surface area contributed by atoms with Crippen LogP contribution in [0, 0.1) is 18.3 Å². The third-order valence-electron chi connectivity index (χ3n) is 9.14. The lowest BCUT2D eigenvalue weighted by Gasteiger charge is -2.29. The number of fused-ring (bicyclic) bond motifs is 1. The molecule has 52 heavy (non-hydrogen) atoms. The summed E-state index contributed by atoms with van der Waals surface area (Å²) in [5, 5.41) is 16.6. The van der Waals surface area contributed by atoms with E-state index < -0.39 is 0 Å². The molecule has 288 valence electrons. The molecule has 9 nitrogen and oxygen atoms in total. The number of nitrogens with one attached hydrogen (secondary N) is 1. The Hall–Kier alpha value is -3.79. The Morgan fingerprint density at radius 3 is 2.31 bits per heavy atom. The lowest BCUT2D eigenvalue weighted by Crippen LogP contribution is -2.34. The third-order valence-corrected chi connectivity index (χ3v) is 9.14. The molecule has 0 atom stereocenters. The van der Waals surface area contributed by atoms with Gasteiger partial charge in [-0.25, -0.2) is 4.52 Å². The number of rotatable bonds is 13. The van der Waals surface area contributed by atoms with Crippen molar-refractivity contribution in [3.05, 3.63) is 93.2 Å². The number of aliphatic hydroxyl groups is 1. The van der Waals surface area contributed by atoms with Crippen molar-refractivity contribution in [3.8, 4) is 11.1 Å². The lowest BCUT2D eigenvalue weighted by atomic mass is 9.87. The van der Waals surface area contributed by atoms with E-state index in [4.69, 9.17) is 24.7 Å². The van der Waals surface area contributed by atoms with Gasteiger partial charge in [0.25, 0.3) is 5.56 Å². The first-order valence-corrected chi connectivity index (χ1v) is 19.3. The van der Waals surface area contributed by atoms with E-state index in [2.05, 4.69) is 80.7 Å². The first kappa shape index (κ1) is 42.6. The topological polar surface area (TPSA) is 103 Å². The number of allylic oxidation sites excluding steroid dienone is 1. The number of aryl methyl sites for hydroxylation is 2. The number of aliphatic hydroxyl groups excluding tert-OH is 1. The molecule has 9 heteroatoms. The summed E-state index contributed by atoms with van der Waals surface area (Å²) in [6.45, 7) is 19.4. The maximum atomic E-state index is 14.3. The standard InChI is InChI=1S/C36H47N5O3.C5H12O.C2H6.H2/c1-6-10-33(37-23-44-24-43-5)31-13-9-8-12-30(31)28-18-16-27(17-19-28)22-32-34(11-7-2)41-36(38-26(4)39-41)40(35(32)42)29-20-14-25(3)15-21-29;1-5(2,3)4-6;1-2;/h8-10,12-13,16-19,25,29,37H,6-7,11,14-15,20-24H2,1-5H3;6H,4H2,1-3H3;1-2H3;1H/b33-10-;;;. The van der Waals surface area contributed by atoms with Crippen molar-refractivity contribution < 1.29 is 16.0 Å². The Balaban J connectivity index is 0.000000983. The molecule has 0 bridgehead atoms. The minimum Gasteiger partial charge on any atom is -0.396 e. The molecular formula is C43H67N5O4. The Bertz CT molecular complexity index is 1750. The van der Waals surface area contributed by atoms with E-state index in [9.17, 15) is 4.79 Å². The number of hydrogen-bond donors (Lipinski definition) is 2. The van der Waals surface area contributed by atoms with Gasteiger partial charge < -0.3 is 19.9 Å². The van der Waals surface area contributed by atoms with Gasteiger partial charge in [-0.2, -0.15) is 10.1 Å². The van der Waals surface area contributed by atoms with Gasteiger partial charge in [0.05, 0.1) is 5.69 Å². The molecule has 0 unspecified atom stereocenters. The molecule has 0 radical (unpaired) electrons. The molecule has 1 fully saturated rings. The van der Waals surface area contributed by atoms with Crippen LogP contribution in [0.5, 0.6) is 0 Å². The van der Waals surface area contributed by atoms with E-state index >= 15 is 0 Å². The summed E-state index contributed by atoms with van der Waals surface area (Å²) in [5.74, 6) is 2.10. The van der Waals surface area contributed by atoms with Crippen molar-refractivity contribution in [2.24, 2.45) is 11.3 Å². The van der Waals surface area contributed by atoms with Gasteiger partial charge in [0, 0.05) is 44.4 Å². The molecule has 1 saturated carbocycles. The number of aromatic nitrogens is 4. The largest absolute Gasteiger partial charge is 0.396 e. The zero-order valence-corrected chi connectivity index (χ0v) is 33.6. The maximum absolute atomic E-state index is 14.3. The highest BCUT2D eigenvalue weighted by Gasteiger charge is 2.27. The van der Waals surface area contributed by atoms with Crippen LogP contribution in [0.1, 0.15) is 130 Å². The number of ether oxygens (including phenoxy) is 2. The van der Waals surface area contributed by atoms with Crippen molar-refractivity contribution in [3.63, 3.8) is 0 Å². The van der Waals surface area contributed by atoms with E-state index in [-0.39, 0.29) is 31.8 Å². The Labute approximate surface area is 314 Å². The predicted molar refractivity (Wildman–Crippen MR) is 217 cm³/mol. The highest BCUT2D eigenvalue weighted by atomic mass is 16.7. The van der Waals surface area contributed by atoms with Gasteiger partial charge in [-0.15, -0.1) is 0 Å². The molecule has 5 rings (SSSR count). The fourth-order valence-corrected chi connectivity index (χ4v) is 6.44. The van der Waals surface area contributed by atoms with Crippen LogP contribution in [0.15, 0.2) is 59.4 Å². The second kappa shape index (κ2) is 21.0. The van der Waals surface area contributed by atoms with Crippen LogP contribution in [0.3, 0.4) is 0 Å². The summed E-state index contributed by atoms with van der Waals surface area (Å²) in [7, 11) is 1.62. The summed E-state index contributed by atoms with van der Waals surface area (Å²) in [6.07, 6.45) is 9.63. The van der Waals surface area contributed by atoms with Gasteiger partial charge >= 0.3 is 0 Å². The Morgan fingerprint density at radius 1 is 1.06 bits per heavy atom. The zero-order chi connectivity index (χ0) is 38.3. The van der Waals surface area contributed by atoms with Crippen LogP contribution in [-0.4, -0.2) is 51.5 Å². The van der Waals surface area contributed by atoms with Gasteiger partial charge in [-0.1, -0.05) is 116 Å². The van der Waals surface area contributed by atoms with Crippen LogP contribution in [0.2, 0.25) is 0 Å². The van der Waals surface area contributed by atoms with Crippen molar-refractivity contribution >= 4 is 11.5 Å². The summed E-state index contributed by atoms with van der Waals surface area (Å²) < 4.78 is 14.5. The molecule has 0 aliphatic heterocycles. The van der Waals surface area contributed by atoms with Gasteiger partial charge in [-0.3, -0.25) is 9.36 Å². The highest BCUT2D eigenvalue weighted by molar-refractivity contribution is 5.80. The second-order valence-corrected chi connectivity index (χ2v) is 14.7. The average Bonchev–Trinajstić information content (AvgIpc) is 3.53. The Kier molecular flexibility index (Phi) is 17.3. The smallest absolute Gasteiger partial charge is 0.259 e. The summed E-state index contributed by atoms with van der Waals surface area (Å²) >= 11 is 0. The van der Waals surface area contributed by atoms with E-state index in [0.29, 0.717) is 30.7 Å². The fraction of sp³-hybridized carbons (Fsp3) is 0.558. The molecule has 0 amide bonds. The first-order valence-electron chi connectivity index (χ1n) is 19.3. The monoisotopic (exact) mass is 718 g/mol. The van der Waals surface area contributed by atoms with Crippen LogP contribution in [0.25, 0.3) is 22.6 Å². The normalized spacial score (nSPS) is 16.2. The predicted octanol–water partition coefficient (Wildman–Crippen LogP) is 9.38. The van der Waals surface area contributed by atoms with Gasteiger partial charge in [0.15, 0.2) is 0 Å². The maximum Gasteiger partial charge on any atom is 0.259 e. The van der Waals surface area contributed by atoms with Crippen LogP contribution in [0.4, 0.5) is 0 Å². The number of methoxy groups -OCH3 is 1. The van der Waals surface area contributed by atoms with Crippen molar-refractivity contribution in [2.45, 2.75) is 120 Å². The van der Waals surface area contributed by atoms with E-state index in [0.717, 1.165) is 84.2 Å². The SMILES string of the molecule is CC.CC(C)(C)CO.CC/C=C(\NCOCOC)c1ccccc1-c1ccc(Cc2c(CCC)n3nc(C)nc3n(C3CCC(C)CC3)c2=O)cc1.[HH]. The minimum absolute atomic E-state index is 0. The molecule has 0 saturated heterocycles. The van der Waals surface area contributed by atoms with E-state index in [1.165, 1.54) is 0 Å². The van der Waals surface area contributed by atoms with Gasteiger partial charge in [0.1, 0.15) is 19.3 Å². The number of nitrogens with zero attached hydrogens (tertiary/aromatic N) is 4. The van der Waals surface area contributed by atoms with Crippen molar-refractivity contribution in [1.82, 2.24) is 24.5 Å². The minimum atomic E-state index is 0. The fourth-order valence-electron chi connectivity index (χ4n) is 6.44. The van der Waals surface area contributed by atoms with Crippen LogP contribution in [-0.2, 0) is 22.3 Å². The molecule has 1 aliphatic carbocycles. The third kappa shape index (κ3) is 11.6. The molecule has 2 aromatic carbocycles.